The van der Waals surface area contributed by atoms with Crippen LogP contribution in [0, 0.1) is 13.8 Å². The van der Waals surface area contributed by atoms with Gasteiger partial charge in [-0.05, 0) is 45.7 Å². The summed E-state index contributed by atoms with van der Waals surface area (Å²) in [4.78, 5) is 8.50. The summed E-state index contributed by atoms with van der Waals surface area (Å²) in [5, 5.41) is 24.8. The molecule has 0 radical (unpaired) electrons. The molecule has 0 saturated carbocycles. The summed E-state index contributed by atoms with van der Waals surface area (Å²) in [6, 6.07) is 0.0875. The summed E-state index contributed by atoms with van der Waals surface area (Å²) in [5.74, 6) is 1.36. The first-order valence-corrected chi connectivity index (χ1v) is 8.11. The van der Waals surface area contributed by atoms with E-state index in [1.165, 1.54) is 0 Å². The van der Waals surface area contributed by atoms with E-state index in [0.29, 0.717) is 29.0 Å². The Balaban J connectivity index is 1.94. The number of aromatic nitrogens is 4. The molecule has 0 aromatic carbocycles. The summed E-state index contributed by atoms with van der Waals surface area (Å²) in [6.45, 7) is 9.87. The molecule has 0 aliphatic carbocycles. The standard InChI is InChI=1S/C16H23ClN6O/c1-9(6-20-15-11(3)10(2)14(17)22-23-15)21-13-8-18-12(7-19-13)16(4,5)24/h7-9,24H,6H2,1-5H3,(H,19,21)(H,20,23)/t9-/m1/s1. The van der Waals surface area contributed by atoms with E-state index in [4.69, 9.17) is 11.6 Å². The van der Waals surface area contributed by atoms with E-state index in [2.05, 4.69) is 30.8 Å². The van der Waals surface area contributed by atoms with Gasteiger partial charge in [0.2, 0.25) is 0 Å². The Labute approximate surface area is 146 Å². The Morgan fingerprint density at radius 2 is 1.88 bits per heavy atom. The number of hydrogen-bond acceptors (Lipinski definition) is 7. The molecule has 0 unspecified atom stereocenters. The van der Waals surface area contributed by atoms with E-state index < -0.39 is 5.60 Å². The third-order valence-electron chi connectivity index (χ3n) is 3.71. The Morgan fingerprint density at radius 1 is 1.17 bits per heavy atom. The van der Waals surface area contributed by atoms with Crippen molar-refractivity contribution in [1.29, 1.82) is 0 Å². The van der Waals surface area contributed by atoms with Crippen LogP contribution in [0.5, 0.6) is 0 Å². The van der Waals surface area contributed by atoms with E-state index in [-0.39, 0.29) is 6.04 Å². The molecular formula is C16H23ClN6O. The van der Waals surface area contributed by atoms with Crippen molar-refractivity contribution in [3.05, 3.63) is 34.4 Å². The quantitative estimate of drug-likeness (QED) is 0.737. The average Bonchev–Trinajstić information content (AvgIpc) is 2.51. The molecule has 2 aromatic rings. The number of rotatable bonds is 6. The Hall–Kier alpha value is -1.99. The molecule has 2 rings (SSSR count). The number of nitrogens with zero attached hydrogens (tertiary/aromatic N) is 4. The number of anilines is 2. The van der Waals surface area contributed by atoms with Crippen LogP contribution in [0.1, 0.15) is 37.6 Å². The maximum absolute atomic E-state index is 9.88. The van der Waals surface area contributed by atoms with Crippen LogP contribution < -0.4 is 10.6 Å². The van der Waals surface area contributed by atoms with Gasteiger partial charge in [-0.2, -0.15) is 0 Å². The molecule has 0 aliphatic rings. The van der Waals surface area contributed by atoms with Crippen LogP contribution >= 0.6 is 11.6 Å². The van der Waals surface area contributed by atoms with Gasteiger partial charge in [-0.3, -0.25) is 4.98 Å². The lowest BCUT2D eigenvalue weighted by Crippen LogP contribution is -2.26. The monoisotopic (exact) mass is 350 g/mol. The maximum Gasteiger partial charge on any atom is 0.155 e. The third-order valence-corrected chi connectivity index (χ3v) is 4.07. The molecule has 0 fully saturated rings. The van der Waals surface area contributed by atoms with Gasteiger partial charge in [0.25, 0.3) is 0 Å². The number of nitrogens with one attached hydrogen (secondary N) is 2. The number of aliphatic hydroxyl groups is 1. The SMILES string of the molecule is Cc1c(Cl)nnc(NC[C@@H](C)Nc2cnc(C(C)(C)O)cn2)c1C. The zero-order chi connectivity index (χ0) is 17.9. The Kier molecular flexibility index (Phi) is 5.56. The first-order valence-electron chi connectivity index (χ1n) is 7.73. The van der Waals surface area contributed by atoms with Gasteiger partial charge in [0.1, 0.15) is 11.4 Å². The van der Waals surface area contributed by atoms with Crippen LogP contribution in [0.15, 0.2) is 12.4 Å². The number of halogens is 1. The molecule has 0 amide bonds. The minimum absolute atomic E-state index is 0.0875. The first kappa shape index (κ1) is 18.4. The van der Waals surface area contributed by atoms with Crippen molar-refractivity contribution in [3.8, 4) is 0 Å². The molecule has 3 N–H and O–H groups in total. The molecule has 2 aromatic heterocycles. The molecule has 0 saturated heterocycles. The van der Waals surface area contributed by atoms with Crippen LogP contribution in [0.4, 0.5) is 11.6 Å². The van der Waals surface area contributed by atoms with Gasteiger partial charge in [0, 0.05) is 12.6 Å². The van der Waals surface area contributed by atoms with Crippen LogP contribution in [0.2, 0.25) is 5.15 Å². The van der Waals surface area contributed by atoms with E-state index in [9.17, 15) is 5.11 Å². The lowest BCUT2D eigenvalue weighted by atomic mass is 10.1. The van der Waals surface area contributed by atoms with Crippen molar-refractivity contribution in [3.63, 3.8) is 0 Å². The summed E-state index contributed by atoms with van der Waals surface area (Å²) in [5.41, 5.74) is 1.43. The smallest absolute Gasteiger partial charge is 0.155 e. The zero-order valence-corrected chi connectivity index (χ0v) is 15.3. The highest BCUT2D eigenvalue weighted by Crippen LogP contribution is 2.20. The molecule has 2 heterocycles. The predicted octanol–water partition coefficient (Wildman–Crippen LogP) is 2.68. The summed E-state index contributed by atoms with van der Waals surface area (Å²) < 4.78 is 0. The highest BCUT2D eigenvalue weighted by atomic mass is 35.5. The van der Waals surface area contributed by atoms with Crippen molar-refractivity contribution in [2.75, 3.05) is 17.2 Å². The highest BCUT2D eigenvalue weighted by molar-refractivity contribution is 6.30. The van der Waals surface area contributed by atoms with Crippen molar-refractivity contribution in [2.45, 2.75) is 46.3 Å². The minimum atomic E-state index is -0.999. The topological polar surface area (TPSA) is 95.9 Å². The fourth-order valence-corrected chi connectivity index (χ4v) is 2.20. The van der Waals surface area contributed by atoms with E-state index in [1.807, 2.05) is 20.8 Å². The van der Waals surface area contributed by atoms with Gasteiger partial charge in [-0.1, -0.05) is 11.6 Å². The molecule has 0 bridgehead atoms. The normalized spacial score (nSPS) is 12.8. The second-order valence-electron chi connectivity index (χ2n) is 6.36. The fourth-order valence-electron chi connectivity index (χ4n) is 2.02. The second kappa shape index (κ2) is 7.27. The molecule has 0 aliphatic heterocycles. The summed E-state index contributed by atoms with van der Waals surface area (Å²) in [7, 11) is 0. The lowest BCUT2D eigenvalue weighted by molar-refractivity contribution is 0.0734. The molecule has 1 atom stereocenters. The molecule has 7 nitrogen and oxygen atoms in total. The largest absolute Gasteiger partial charge is 0.384 e. The van der Waals surface area contributed by atoms with Gasteiger partial charge in [-0.15, -0.1) is 10.2 Å². The highest BCUT2D eigenvalue weighted by Gasteiger charge is 2.18. The minimum Gasteiger partial charge on any atom is -0.384 e. The van der Waals surface area contributed by atoms with Gasteiger partial charge in [0.05, 0.1) is 18.1 Å². The Bertz CT molecular complexity index is 699. The van der Waals surface area contributed by atoms with Crippen molar-refractivity contribution in [1.82, 2.24) is 20.2 Å². The average molecular weight is 351 g/mol. The van der Waals surface area contributed by atoms with Crippen LogP contribution in [-0.2, 0) is 5.60 Å². The molecular weight excluding hydrogens is 328 g/mol. The molecule has 24 heavy (non-hydrogen) atoms. The Morgan fingerprint density at radius 3 is 2.46 bits per heavy atom. The molecule has 0 spiro atoms. The van der Waals surface area contributed by atoms with E-state index in [1.54, 1.807) is 26.2 Å². The van der Waals surface area contributed by atoms with E-state index in [0.717, 1.165) is 11.1 Å². The zero-order valence-electron chi connectivity index (χ0n) is 14.6. The second-order valence-corrected chi connectivity index (χ2v) is 6.72. The predicted molar refractivity (Wildman–Crippen MR) is 95.4 cm³/mol. The van der Waals surface area contributed by atoms with E-state index >= 15 is 0 Å². The summed E-state index contributed by atoms with van der Waals surface area (Å²) >= 11 is 5.95. The van der Waals surface area contributed by atoms with Gasteiger partial charge in [-0.25, -0.2) is 4.98 Å². The van der Waals surface area contributed by atoms with Crippen LogP contribution in [0.3, 0.4) is 0 Å². The third kappa shape index (κ3) is 4.52. The lowest BCUT2D eigenvalue weighted by Gasteiger charge is -2.18. The van der Waals surface area contributed by atoms with Crippen LogP contribution in [-0.4, -0.2) is 37.9 Å². The van der Waals surface area contributed by atoms with Crippen molar-refractivity contribution >= 4 is 23.2 Å². The van der Waals surface area contributed by atoms with Crippen molar-refractivity contribution < 1.29 is 5.11 Å². The molecule has 8 heteroatoms. The van der Waals surface area contributed by atoms with Gasteiger partial charge < -0.3 is 15.7 Å². The fraction of sp³-hybridized carbons (Fsp3) is 0.500. The first-order chi connectivity index (χ1) is 11.2. The van der Waals surface area contributed by atoms with Gasteiger partial charge >= 0.3 is 0 Å². The van der Waals surface area contributed by atoms with Crippen LogP contribution in [0.25, 0.3) is 0 Å². The number of hydrogen-bond donors (Lipinski definition) is 3. The van der Waals surface area contributed by atoms with Crippen molar-refractivity contribution in [2.24, 2.45) is 0 Å². The molecule has 130 valence electrons. The summed E-state index contributed by atoms with van der Waals surface area (Å²) in [6.07, 6.45) is 3.18. The van der Waals surface area contributed by atoms with Gasteiger partial charge in [0.15, 0.2) is 11.0 Å². The maximum atomic E-state index is 9.88.